The topological polar surface area (TPSA) is 122 Å². The van der Waals surface area contributed by atoms with Crippen molar-refractivity contribution in [1.82, 2.24) is 19.7 Å². The molecule has 0 atom stereocenters. The molecule has 0 aliphatic carbocycles. The second-order valence-corrected chi connectivity index (χ2v) is 4.77. The van der Waals surface area contributed by atoms with Crippen LogP contribution in [-0.4, -0.2) is 25.5 Å². The van der Waals surface area contributed by atoms with Crippen LogP contribution in [0.4, 0.5) is 17.5 Å². The predicted molar refractivity (Wildman–Crippen MR) is 72.8 cm³/mol. The molecule has 0 radical (unpaired) electrons. The summed E-state index contributed by atoms with van der Waals surface area (Å²) in [5.74, 6) is 2.19. The number of nitrogen functional groups attached to an aromatic ring is 3. The van der Waals surface area contributed by atoms with Gasteiger partial charge in [-0.2, -0.15) is 5.10 Å². The Hall–Kier alpha value is -1.96. The van der Waals surface area contributed by atoms with Crippen LogP contribution >= 0.6 is 11.8 Å². The molecule has 2 aromatic rings. The third-order valence-corrected chi connectivity index (χ3v) is 3.10. The first-order valence-electron chi connectivity index (χ1n) is 5.45. The van der Waals surface area contributed by atoms with Gasteiger partial charge in [0, 0.05) is 24.6 Å². The number of nitrogens with two attached hydrogens (primary N) is 3. The first kappa shape index (κ1) is 12.5. The molecule has 0 aliphatic rings. The number of nitrogens with zero attached hydrogens (tertiary/aromatic N) is 4. The van der Waals surface area contributed by atoms with Gasteiger partial charge in [0.1, 0.15) is 17.5 Å². The van der Waals surface area contributed by atoms with E-state index in [4.69, 9.17) is 17.2 Å². The van der Waals surface area contributed by atoms with Gasteiger partial charge in [-0.15, -0.1) is 0 Å². The van der Waals surface area contributed by atoms with Gasteiger partial charge in [0.15, 0.2) is 5.16 Å². The van der Waals surface area contributed by atoms with E-state index in [1.165, 1.54) is 17.8 Å². The number of hydrogen-bond donors (Lipinski definition) is 3. The first-order valence-corrected chi connectivity index (χ1v) is 6.44. The Balaban J connectivity index is 1.78. The van der Waals surface area contributed by atoms with Crippen LogP contribution in [0.25, 0.3) is 0 Å². The van der Waals surface area contributed by atoms with E-state index in [1.54, 1.807) is 6.07 Å². The molecular weight excluding hydrogens is 250 g/mol. The molecule has 2 rings (SSSR count). The SMILES string of the molecule is Nc1cc(N)nc(SCCCn2ccc(N)n2)n1. The Bertz CT molecular complexity index is 504. The minimum Gasteiger partial charge on any atom is -0.383 e. The maximum Gasteiger partial charge on any atom is 0.191 e. The van der Waals surface area contributed by atoms with Gasteiger partial charge in [-0.3, -0.25) is 4.68 Å². The molecule has 0 saturated carbocycles. The van der Waals surface area contributed by atoms with Crippen molar-refractivity contribution in [3.63, 3.8) is 0 Å². The van der Waals surface area contributed by atoms with Crippen molar-refractivity contribution < 1.29 is 0 Å². The van der Waals surface area contributed by atoms with E-state index in [2.05, 4.69) is 15.1 Å². The summed E-state index contributed by atoms with van der Waals surface area (Å²) in [5.41, 5.74) is 16.7. The molecule has 0 saturated heterocycles. The monoisotopic (exact) mass is 265 g/mol. The first-order chi connectivity index (χ1) is 8.63. The lowest BCUT2D eigenvalue weighted by Crippen LogP contribution is -2.02. The smallest absolute Gasteiger partial charge is 0.191 e. The van der Waals surface area contributed by atoms with Crippen molar-refractivity contribution in [2.45, 2.75) is 18.1 Å². The van der Waals surface area contributed by atoms with E-state index >= 15 is 0 Å². The molecule has 2 aromatic heterocycles. The third kappa shape index (κ3) is 3.52. The molecule has 8 heteroatoms. The van der Waals surface area contributed by atoms with Gasteiger partial charge in [-0.05, 0) is 12.5 Å². The number of thioether (sulfide) groups is 1. The molecule has 18 heavy (non-hydrogen) atoms. The van der Waals surface area contributed by atoms with Crippen molar-refractivity contribution in [2.75, 3.05) is 23.0 Å². The molecule has 0 fully saturated rings. The van der Waals surface area contributed by atoms with Crippen molar-refractivity contribution in [3.05, 3.63) is 18.3 Å². The molecule has 7 nitrogen and oxygen atoms in total. The summed E-state index contributed by atoms with van der Waals surface area (Å²) in [5, 5.41) is 4.70. The molecule has 6 N–H and O–H groups in total. The summed E-state index contributed by atoms with van der Waals surface area (Å²) >= 11 is 1.52. The van der Waals surface area contributed by atoms with Crippen LogP contribution in [-0.2, 0) is 6.54 Å². The number of hydrogen-bond acceptors (Lipinski definition) is 7. The van der Waals surface area contributed by atoms with E-state index in [0.717, 1.165) is 18.7 Å². The fraction of sp³-hybridized carbons (Fsp3) is 0.300. The molecule has 0 bridgehead atoms. The maximum absolute atomic E-state index is 5.59. The van der Waals surface area contributed by atoms with Crippen LogP contribution in [0.3, 0.4) is 0 Å². The molecule has 0 unspecified atom stereocenters. The fourth-order valence-corrected chi connectivity index (χ4v) is 2.21. The molecule has 0 aliphatic heterocycles. The minimum absolute atomic E-state index is 0.393. The number of aryl methyl sites for hydroxylation is 1. The second-order valence-electron chi connectivity index (χ2n) is 3.71. The van der Waals surface area contributed by atoms with Crippen LogP contribution in [0, 0.1) is 0 Å². The summed E-state index contributed by atoms with van der Waals surface area (Å²) < 4.78 is 1.81. The summed E-state index contributed by atoms with van der Waals surface area (Å²) in [6, 6.07) is 3.31. The van der Waals surface area contributed by atoms with Crippen LogP contribution in [0.5, 0.6) is 0 Å². The summed E-state index contributed by atoms with van der Waals surface area (Å²) in [4.78, 5) is 8.18. The molecular formula is C10H15N7S. The van der Waals surface area contributed by atoms with Crippen molar-refractivity contribution in [1.29, 1.82) is 0 Å². The average molecular weight is 265 g/mol. The van der Waals surface area contributed by atoms with Crippen molar-refractivity contribution in [3.8, 4) is 0 Å². The lowest BCUT2D eigenvalue weighted by atomic mass is 10.5. The van der Waals surface area contributed by atoms with E-state index in [0.29, 0.717) is 22.6 Å². The zero-order valence-corrected chi connectivity index (χ0v) is 10.6. The van der Waals surface area contributed by atoms with Crippen molar-refractivity contribution >= 4 is 29.2 Å². The standard InChI is InChI=1S/C10H15N7S/c11-7-2-4-17(16-7)3-1-5-18-10-14-8(12)6-9(13)15-10/h2,4,6H,1,3,5H2,(H2,11,16)(H4,12,13,14,15). The van der Waals surface area contributed by atoms with Gasteiger partial charge in [0.05, 0.1) is 0 Å². The zero-order chi connectivity index (χ0) is 13.0. The lowest BCUT2D eigenvalue weighted by Gasteiger charge is -2.03. The van der Waals surface area contributed by atoms with Gasteiger partial charge in [-0.1, -0.05) is 11.8 Å². The Morgan fingerprint density at radius 3 is 2.44 bits per heavy atom. The van der Waals surface area contributed by atoms with Gasteiger partial charge >= 0.3 is 0 Å². The van der Waals surface area contributed by atoms with Gasteiger partial charge in [0.2, 0.25) is 0 Å². The van der Waals surface area contributed by atoms with E-state index in [1.807, 2.05) is 10.9 Å². The zero-order valence-electron chi connectivity index (χ0n) is 9.78. The normalized spacial score (nSPS) is 10.7. The predicted octanol–water partition coefficient (Wildman–Crippen LogP) is 0.602. The lowest BCUT2D eigenvalue weighted by molar-refractivity contribution is 0.608. The van der Waals surface area contributed by atoms with Gasteiger partial charge < -0.3 is 17.2 Å². The molecule has 0 aromatic carbocycles. The van der Waals surface area contributed by atoms with Gasteiger partial charge in [0.25, 0.3) is 0 Å². The molecule has 2 heterocycles. The highest BCUT2D eigenvalue weighted by Crippen LogP contribution is 2.17. The van der Waals surface area contributed by atoms with Crippen molar-refractivity contribution in [2.24, 2.45) is 0 Å². The molecule has 0 spiro atoms. The Morgan fingerprint density at radius 1 is 1.11 bits per heavy atom. The summed E-state index contributed by atoms with van der Waals surface area (Å²) in [7, 11) is 0. The van der Waals surface area contributed by atoms with E-state index in [9.17, 15) is 0 Å². The second kappa shape index (κ2) is 5.58. The quantitative estimate of drug-likeness (QED) is 0.411. The summed E-state index contributed by atoms with van der Waals surface area (Å²) in [6.07, 6.45) is 2.79. The van der Waals surface area contributed by atoms with Crippen LogP contribution in [0.1, 0.15) is 6.42 Å². The minimum atomic E-state index is 0.393. The Kier molecular flexibility index (Phi) is 3.88. The maximum atomic E-state index is 5.59. The van der Waals surface area contributed by atoms with Crippen LogP contribution < -0.4 is 17.2 Å². The summed E-state index contributed by atoms with van der Waals surface area (Å²) in [6.45, 7) is 0.808. The van der Waals surface area contributed by atoms with Crippen LogP contribution in [0.15, 0.2) is 23.5 Å². The highest BCUT2D eigenvalue weighted by Gasteiger charge is 2.01. The van der Waals surface area contributed by atoms with E-state index < -0.39 is 0 Å². The number of anilines is 3. The highest BCUT2D eigenvalue weighted by molar-refractivity contribution is 7.99. The fourth-order valence-electron chi connectivity index (χ4n) is 1.42. The largest absolute Gasteiger partial charge is 0.383 e. The van der Waals surface area contributed by atoms with E-state index in [-0.39, 0.29) is 0 Å². The average Bonchev–Trinajstić information content (AvgIpc) is 2.69. The number of rotatable bonds is 5. The highest BCUT2D eigenvalue weighted by atomic mass is 32.2. The Morgan fingerprint density at radius 2 is 1.83 bits per heavy atom. The number of aromatic nitrogens is 4. The van der Waals surface area contributed by atoms with Gasteiger partial charge in [-0.25, -0.2) is 9.97 Å². The molecule has 0 amide bonds. The third-order valence-electron chi connectivity index (χ3n) is 2.17. The Labute approximate surface area is 109 Å². The molecule has 96 valence electrons. The van der Waals surface area contributed by atoms with Crippen LogP contribution in [0.2, 0.25) is 0 Å².